The molecule has 0 aliphatic rings. The third-order valence-corrected chi connectivity index (χ3v) is 1.03. The second-order valence-electron chi connectivity index (χ2n) is 1.45. The van der Waals surface area contributed by atoms with Crippen molar-refractivity contribution in [2.24, 2.45) is 0 Å². The number of rotatable bonds is 4. The number of unbranched alkanes of at least 4 members (excludes halogenated alkanes) is 1. The SMILES string of the molecule is N#CCCC=CNS(=O)[O-]. The van der Waals surface area contributed by atoms with E-state index in [0.717, 1.165) is 0 Å². The fourth-order valence-corrected chi connectivity index (χ4v) is 0.542. The van der Waals surface area contributed by atoms with E-state index in [9.17, 15) is 8.76 Å². The highest BCUT2D eigenvalue weighted by molar-refractivity contribution is 7.77. The molecule has 0 aromatic carbocycles. The Bertz CT molecular complexity index is 173. The first kappa shape index (κ1) is 9.14. The molecule has 56 valence electrons. The maximum absolute atomic E-state index is 9.80. The summed E-state index contributed by atoms with van der Waals surface area (Å²) in [6, 6.07) is 1.92. The van der Waals surface area contributed by atoms with Crippen LogP contribution in [-0.2, 0) is 11.3 Å². The van der Waals surface area contributed by atoms with Crippen LogP contribution in [0, 0.1) is 11.3 Å². The molecule has 0 bridgehead atoms. The molecule has 0 amide bonds. The standard InChI is InChI=1S/C5H8N2O2S/c6-4-2-1-3-5-7-10(8)9/h3,5,7H,1-2H2,(H,8,9)/p-1. The van der Waals surface area contributed by atoms with Crippen LogP contribution in [0.4, 0.5) is 0 Å². The summed E-state index contributed by atoms with van der Waals surface area (Å²) < 4.78 is 21.6. The van der Waals surface area contributed by atoms with Crippen LogP contribution in [-0.4, -0.2) is 8.76 Å². The van der Waals surface area contributed by atoms with Crippen molar-refractivity contribution in [2.45, 2.75) is 12.8 Å². The molecule has 0 aromatic rings. The van der Waals surface area contributed by atoms with Crippen LogP contribution in [0.15, 0.2) is 12.3 Å². The van der Waals surface area contributed by atoms with Gasteiger partial charge in [-0.05, 0) is 6.42 Å². The average Bonchev–Trinajstić information content (AvgIpc) is 1.87. The minimum Gasteiger partial charge on any atom is -0.755 e. The van der Waals surface area contributed by atoms with Crippen molar-refractivity contribution in [2.75, 3.05) is 0 Å². The molecule has 0 radical (unpaired) electrons. The first-order chi connectivity index (χ1) is 4.77. The molecule has 0 heterocycles. The van der Waals surface area contributed by atoms with Gasteiger partial charge in [0.2, 0.25) is 0 Å². The maximum Gasteiger partial charge on any atom is 0.0625 e. The van der Waals surface area contributed by atoms with Gasteiger partial charge >= 0.3 is 0 Å². The number of nitrogens with one attached hydrogen (secondary N) is 1. The Morgan fingerprint density at radius 2 is 2.50 bits per heavy atom. The molecule has 4 nitrogen and oxygen atoms in total. The van der Waals surface area contributed by atoms with E-state index in [1.165, 1.54) is 6.20 Å². The predicted molar refractivity (Wildman–Crippen MR) is 36.0 cm³/mol. The van der Waals surface area contributed by atoms with E-state index in [1.54, 1.807) is 6.08 Å². The van der Waals surface area contributed by atoms with Gasteiger partial charge in [0.05, 0.1) is 6.07 Å². The summed E-state index contributed by atoms with van der Waals surface area (Å²) in [4.78, 5) is 0. The topological polar surface area (TPSA) is 76.0 Å². The highest BCUT2D eigenvalue weighted by Gasteiger charge is 1.75. The normalized spacial score (nSPS) is 12.8. The zero-order valence-corrected chi connectivity index (χ0v) is 6.06. The van der Waals surface area contributed by atoms with E-state index in [0.29, 0.717) is 12.8 Å². The number of allylic oxidation sites excluding steroid dienone is 1. The van der Waals surface area contributed by atoms with Crippen LogP contribution in [0.5, 0.6) is 0 Å². The lowest BCUT2D eigenvalue weighted by atomic mass is 10.3. The lowest BCUT2D eigenvalue weighted by Gasteiger charge is -2.00. The summed E-state index contributed by atoms with van der Waals surface area (Å²) in [5, 5.41) is 8.05. The van der Waals surface area contributed by atoms with E-state index < -0.39 is 11.3 Å². The molecule has 0 aliphatic heterocycles. The van der Waals surface area contributed by atoms with Crippen molar-refractivity contribution >= 4 is 11.3 Å². The summed E-state index contributed by atoms with van der Waals surface area (Å²) >= 11 is -2.24. The fourth-order valence-electron chi connectivity index (χ4n) is 0.335. The first-order valence-corrected chi connectivity index (χ1v) is 3.72. The number of nitriles is 1. The molecule has 0 spiro atoms. The number of hydrogen-bond donors (Lipinski definition) is 1. The van der Waals surface area contributed by atoms with Crippen molar-refractivity contribution in [1.29, 1.82) is 5.26 Å². The Hall–Kier alpha value is -0.860. The van der Waals surface area contributed by atoms with E-state index in [4.69, 9.17) is 5.26 Å². The Kier molecular flexibility index (Phi) is 5.72. The molecule has 1 N–H and O–H groups in total. The molecule has 0 fully saturated rings. The van der Waals surface area contributed by atoms with Gasteiger partial charge in [-0.25, -0.2) is 0 Å². The third kappa shape index (κ3) is 7.14. The Labute approximate surface area is 62.0 Å². The molecule has 0 rings (SSSR count). The highest BCUT2D eigenvalue weighted by Crippen LogP contribution is 1.85. The number of nitrogens with zero attached hydrogens (tertiary/aromatic N) is 1. The van der Waals surface area contributed by atoms with Crippen molar-refractivity contribution in [3.8, 4) is 6.07 Å². The molecule has 5 heteroatoms. The van der Waals surface area contributed by atoms with E-state index >= 15 is 0 Å². The molecule has 0 aliphatic carbocycles. The third-order valence-electron chi connectivity index (χ3n) is 0.705. The second kappa shape index (κ2) is 6.26. The minimum atomic E-state index is -2.24. The molecular weight excluding hydrogens is 152 g/mol. The molecule has 0 saturated heterocycles. The molecule has 1 unspecified atom stereocenters. The Balaban J connectivity index is 3.22. The van der Waals surface area contributed by atoms with Gasteiger partial charge in [0.1, 0.15) is 0 Å². The van der Waals surface area contributed by atoms with E-state index in [2.05, 4.69) is 0 Å². The minimum absolute atomic E-state index is 0.406. The van der Waals surface area contributed by atoms with Gasteiger partial charge in [0, 0.05) is 23.9 Å². The second-order valence-corrected chi connectivity index (χ2v) is 2.16. The van der Waals surface area contributed by atoms with Gasteiger partial charge in [0.15, 0.2) is 0 Å². The zero-order chi connectivity index (χ0) is 7.82. The first-order valence-electron chi connectivity index (χ1n) is 2.64. The van der Waals surface area contributed by atoms with Crippen molar-refractivity contribution in [1.82, 2.24) is 4.72 Å². The zero-order valence-electron chi connectivity index (χ0n) is 5.24. The lowest BCUT2D eigenvalue weighted by molar-refractivity contribution is 0.531. The highest BCUT2D eigenvalue weighted by atomic mass is 32.2. The number of hydrogen-bond acceptors (Lipinski definition) is 3. The average molecular weight is 159 g/mol. The predicted octanol–water partition coefficient (Wildman–Crippen LogP) is 0.188. The fraction of sp³-hybridized carbons (Fsp3) is 0.400. The summed E-state index contributed by atoms with van der Waals surface area (Å²) in [5.41, 5.74) is 0. The largest absolute Gasteiger partial charge is 0.755 e. The summed E-state index contributed by atoms with van der Waals surface area (Å²) in [5.74, 6) is 0. The van der Waals surface area contributed by atoms with Gasteiger partial charge in [-0.3, -0.25) is 4.21 Å². The van der Waals surface area contributed by atoms with Gasteiger partial charge in [0.25, 0.3) is 0 Å². The molecule has 10 heavy (non-hydrogen) atoms. The van der Waals surface area contributed by atoms with Crippen molar-refractivity contribution in [3.63, 3.8) is 0 Å². The van der Waals surface area contributed by atoms with Crippen molar-refractivity contribution in [3.05, 3.63) is 12.3 Å². The summed E-state index contributed by atoms with van der Waals surface area (Å²) in [6.07, 6.45) is 3.85. The van der Waals surface area contributed by atoms with Gasteiger partial charge in [-0.2, -0.15) is 5.26 Å². The Morgan fingerprint density at radius 3 is 3.00 bits per heavy atom. The van der Waals surface area contributed by atoms with Crippen LogP contribution in [0.1, 0.15) is 12.8 Å². The van der Waals surface area contributed by atoms with Crippen LogP contribution < -0.4 is 4.72 Å². The van der Waals surface area contributed by atoms with Gasteiger partial charge in [-0.1, -0.05) is 6.08 Å². The van der Waals surface area contributed by atoms with Crippen LogP contribution in [0.2, 0.25) is 0 Å². The van der Waals surface area contributed by atoms with Crippen LogP contribution >= 0.6 is 0 Å². The quantitative estimate of drug-likeness (QED) is 0.470. The monoisotopic (exact) mass is 159 g/mol. The maximum atomic E-state index is 9.80. The summed E-state index contributed by atoms with van der Waals surface area (Å²) in [7, 11) is 0. The summed E-state index contributed by atoms with van der Waals surface area (Å²) in [6.45, 7) is 0. The molecular formula is C5H7N2O2S-. The van der Waals surface area contributed by atoms with Gasteiger partial charge < -0.3 is 9.27 Å². The van der Waals surface area contributed by atoms with Crippen LogP contribution in [0.3, 0.4) is 0 Å². The molecule has 1 atom stereocenters. The van der Waals surface area contributed by atoms with E-state index in [-0.39, 0.29) is 0 Å². The smallest absolute Gasteiger partial charge is 0.0625 e. The lowest BCUT2D eigenvalue weighted by Crippen LogP contribution is -2.07. The molecule has 0 aromatic heterocycles. The van der Waals surface area contributed by atoms with Crippen molar-refractivity contribution < 1.29 is 8.76 Å². The van der Waals surface area contributed by atoms with E-state index in [1.807, 2.05) is 10.8 Å². The van der Waals surface area contributed by atoms with Crippen LogP contribution in [0.25, 0.3) is 0 Å². The Morgan fingerprint density at radius 1 is 1.80 bits per heavy atom. The van der Waals surface area contributed by atoms with Gasteiger partial charge in [-0.15, -0.1) is 0 Å². The molecule has 0 saturated carbocycles.